The van der Waals surface area contributed by atoms with Gasteiger partial charge in [-0.25, -0.2) is 13.8 Å². The lowest BCUT2D eigenvalue weighted by Gasteiger charge is -2.24. The van der Waals surface area contributed by atoms with E-state index in [4.69, 9.17) is 35.3 Å². The third kappa shape index (κ3) is 5.17. The van der Waals surface area contributed by atoms with Crippen molar-refractivity contribution in [2.75, 3.05) is 14.2 Å². The minimum Gasteiger partial charge on any atom is -0.493 e. The summed E-state index contributed by atoms with van der Waals surface area (Å²) < 4.78 is 53.0. The highest BCUT2D eigenvalue weighted by Crippen LogP contribution is 2.46. The highest BCUT2D eigenvalue weighted by atomic mass is 35.5. The first kappa shape index (κ1) is 26.6. The van der Waals surface area contributed by atoms with Crippen LogP contribution < -0.4 is 9.47 Å². The first-order valence-corrected chi connectivity index (χ1v) is 12.2. The van der Waals surface area contributed by atoms with Crippen molar-refractivity contribution in [3.8, 4) is 17.2 Å². The molecule has 0 saturated carbocycles. The normalized spacial score (nSPS) is 16.5. The second-order valence-electron chi connectivity index (χ2n) is 8.66. The number of rotatable bonds is 9. The summed E-state index contributed by atoms with van der Waals surface area (Å²) in [7, 11) is 2.99. The summed E-state index contributed by atoms with van der Waals surface area (Å²) in [5, 5.41) is 17.2. The fourth-order valence-electron chi connectivity index (χ4n) is 4.59. The Balaban J connectivity index is 1.66. The van der Waals surface area contributed by atoms with Gasteiger partial charge in [0.2, 0.25) is 5.82 Å². The number of benzene rings is 2. The van der Waals surface area contributed by atoms with Gasteiger partial charge in [-0.15, -0.1) is 10.2 Å². The zero-order valence-corrected chi connectivity index (χ0v) is 21.6. The third-order valence-electron chi connectivity index (χ3n) is 6.27. The van der Waals surface area contributed by atoms with Gasteiger partial charge < -0.3 is 23.7 Å². The van der Waals surface area contributed by atoms with Gasteiger partial charge in [0.15, 0.2) is 23.2 Å². The predicted molar refractivity (Wildman–Crippen MR) is 133 cm³/mol. The number of aromatic nitrogens is 4. The van der Waals surface area contributed by atoms with Crippen LogP contribution in [0.5, 0.6) is 11.5 Å². The van der Waals surface area contributed by atoms with Crippen LogP contribution in [0, 0.1) is 0 Å². The Labute approximate surface area is 226 Å². The molecule has 2 aromatic carbocycles. The second kappa shape index (κ2) is 11.0. The molecule has 10 nitrogen and oxygen atoms in total. The maximum absolute atomic E-state index is 14.1. The number of hydrogen-bond donors (Lipinski definition) is 1. The van der Waals surface area contributed by atoms with E-state index in [2.05, 4.69) is 15.2 Å². The molecule has 0 aliphatic carbocycles. The summed E-state index contributed by atoms with van der Waals surface area (Å²) in [6.07, 6.45) is -3.30. The molecule has 0 radical (unpaired) electrons. The third-order valence-corrected chi connectivity index (χ3v) is 6.51. The van der Waals surface area contributed by atoms with Crippen molar-refractivity contribution in [2.45, 2.75) is 37.9 Å². The quantitative estimate of drug-likeness (QED) is 0.291. The molecule has 204 valence electrons. The van der Waals surface area contributed by atoms with Gasteiger partial charge in [0, 0.05) is 22.6 Å². The number of hydrogen-bond acceptors (Lipinski definition) is 8. The Kier molecular flexibility index (Phi) is 7.49. The van der Waals surface area contributed by atoms with Crippen molar-refractivity contribution in [1.82, 2.24) is 19.7 Å². The minimum atomic E-state index is -2.93. The maximum atomic E-state index is 14.1. The maximum Gasteiger partial charge on any atom is 0.303 e. The highest BCUT2D eigenvalue weighted by Gasteiger charge is 2.37. The van der Waals surface area contributed by atoms with Crippen LogP contribution in [-0.2, 0) is 22.4 Å². The van der Waals surface area contributed by atoms with E-state index < -0.39 is 30.4 Å². The molecular weight excluding hydrogens is 538 g/mol. The molecule has 1 N–H and O–H groups in total. The monoisotopic (exact) mass is 560 g/mol. The van der Waals surface area contributed by atoms with Gasteiger partial charge in [-0.1, -0.05) is 23.7 Å². The Bertz CT molecular complexity index is 1510. The van der Waals surface area contributed by atoms with E-state index in [-0.39, 0.29) is 31.0 Å². The molecule has 39 heavy (non-hydrogen) atoms. The topological polar surface area (TPSA) is 122 Å². The SMILES string of the molecule is COc1cccc([C@@H]2O[C@@H](Cc3ncc(CCC(=O)O)o3)c3nnc(C(F)F)n3-c3ccc(Cl)cc32)c1OC. The van der Waals surface area contributed by atoms with Crippen LogP contribution >= 0.6 is 11.6 Å². The number of carboxylic acid groups (broad SMARTS) is 1. The van der Waals surface area contributed by atoms with Crippen molar-refractivity contribution in [3.05, 3.63) is 82.0 Å². The van der Waals surface area contributed by atoms with E-state index in [0.29, 0.717) is 39.1 Å². The molecule has 13 heteroatoms. The number of methoxy groups -OCH3 is 2. The number of nitrogens with zero attached hydrogens (tertiary/aromatic N) is 4. The number of ether oxygens (including phenoxy) is 3. The summed E-state index contributed by atoms with van der Waals surface area (Å²) in [5.41, 5.74) is 1.41. The average Bonchev–Trinajstić information content (AvgIpc) is 3.54. The first-order valence-electron chi connectivity index (χ1n) is 11.9. The number of carboxylic acids is 1. The molecule has 0 bridgehead atoms. The molecule has 0 unspecified atom stereocenters. The number of para-hydroxylation sites is 1. The first-order chi connectivity index (χ1) is 18.8. The molecule has 0 amide bonds. The lowest BCUT2D eigenvalue weighted by atomic mass is 9.98. The number of halogens is 3. The molecule has 5 rings (SSSR count). The van der Waals surface area contributed by atoms with Gasteiger partial charge in [0.1, 0.15) is 18.0 Å². The Morgan fingerprint density at radius 1 is 1.18 bits per heavy atom. The summed E-state index contributed by atoms with van der Waals surface area (Å²) in [4.78, 5) is 15.2. The van der Waals surface area contributed by atoms with E-state index in [1.807, 2.05) is 0 Å². The summed E-state index contributed by atoms with van der Waals surface area (Å²) in [6, 6.07) is 10.1. The molecule has 0 saturated heterocycles. The van der Waals surface area contributed by atoms with Gasteiger partial charge in [-0.05, 0) is 24.3 Å². The Hall–Kier alpha value is -4.03. The van der Waals surface area contributed by atoms with Crippen LogP contribution in [0.1, 0.15) is 59.5 Å². The highest BCUT2D eigenvalue weighted by molar-refractivity contribution is 6.30. The van der Waals surface area contributed by atoms with Gasteiger partial charge in [0.05, 0.1) is 38.9 Å². The second-order valence-corrected chi connectivity index (χ2v) is 9.10. The lowest BCUT2D eigenvalue weighted by Crippen LogP contribution is -2.15. The van der Waals surface area contributed by atoms with E-state index >= 15 is 0 Å². The van der Waals surface area contributed by atoms with E-state index in [9.17, 15) is 13.6 Å². The van der Waals surface area contributed by atoms with Crippen molar-refractivity contribution in [1.29, 1.82) is 0 Å². The molecule has 1 aliphatic rings. The zero-order chi connectivity index (χ0) is 27.7. The number of aryl methyl sites for hydroxylation is 1. The van der Waals surface area contributed by atoms with Crippen LogP contribution in [0.2, 0.25) is 5.02 Å². The van der Waals surface area contributed by atoms with Crippen molar-refractivity contribution >= 4 is 17.6 Å². The zero-order valence-electron chi connectivity index (χ0n) is 20.8. The van der Waals surface area contributed by atoms with Crippen LogP contribution in [0.3, 0.4) is 0 Å². The molecule has 3 heterocycles. The van der Waals surface area contributed by atoms with Gasteiger partial charge in [-0.3, -0.25) is 9.36 Å². The largest absolute Gasteiger partial charge is 0.493 e. The van der Waals surface area contributed by atoms with E-state index in [0.717, 1.165) is 0 Å². The molecule has 4 aromatic rings. The molecular formula is C26H23ClF2N4O6. The number of alkyl halides is 2. The predicted octanol–water partition coefficient (Wildman–Crippen LogP) is 5.28. The van der Waals surface area contributed by atoms with Gasteiger partial charge >= 0.3 is 5.97 Å². The van der Waals surface area contributed by atoms with Gasteiger partial charge in [-0.2, -0.15) is 0 Å². The van der Waals surface area contributed by atoms with E-state index in [1.165, 1.54) is 25.0 Å². The molecule has 1 aliphatic heterocycles. The number of oxazole rings is 1. The summed E-state index contributed by atoms with van der Waals surface area (Å²) in [6.45, 7) is 0. The molecule has 0 fully saturated rings. The smallest absolute Gasteiger partial charge is 0.303 e. The molecule has 2 aromatic heterocycles. The van der Waals surface area contributed by atoms with Crippen LogP contribution in [0.15, 0.2) is 47.0 Å². The standard InChI is InChI=1S/C26H23ClF2N4O6/c1-36-18-5-3-4-15(23(18)37-2)22-16-10-13(27)6-8-17(16)33-25(31-32-26(33)24(28)29)19(39-22)11-20-30-12-14(38-20)7-9-21(34)35/h3-6,8,10,12,19,22,24H,7,9,11H2,1-2H3,(H,34,35)/t19-,22-/m0/s1. The van der Waals surface area contributed by atoms with Crippen LogP contribution in [-0.4, -0.2) is 45.0 Å². The van der Waals surface area contributed by atoms with E-state index in [1.54, 1.807) is 36.4 Å². The van der Waals surface area contributed by atoms with Crippen LogP contribution in [0.25, 0.3) is 5.69 Å². The average molecular weight is 561 g/mol. The summed E-state index contributed by atoms with van der Waals surface area (Å²) >= 11 is 6.37. The van der Waals surface area contributed by atoms with Crippen molar-refractivity contribution in [2.24, 2.45) is 0 Å². The van der Waals surface area contributed by atoms with Crippen molar-refractivity contribution < 1.29 is 37.3 Å². The van der Waals surface area contributed by atoms with Crippen molar-refractivity contribution in [3.63, 3.8) is 0 Å². The van der Waals surface area contributed by atoms with Gasteiger partial charge in [0.25, 0.3) is 6.43 Å². The van der Waals surface area contributed by atoms with Crippen LogP contribution in [0.4, 0.5) is 8.78 Å². The Morgan fingerprint density at radius 2 is 2.00 bits per heavy atom. The summed E-state index contributed by atoms with van der Waals surface area (Å²) in [5.74, 6) is 0.0170. The minimum absolute atomic E-state index is 0.00104. The fourth-order valence-corrected chi connectivity index (χ4v) is 4.77. The molecule has 0 spiro atoms. The molecule has 2 atom stereocenters. The number of fused-ring (bicyclic) bond motifs is 3. The lowest BCUT2D eigenvalue weighted by molar-refractivity contribution is -0.137. The number of aliphatic carboxylic acids is 1. The fraction of sp³-hybridized carbons (Fsp3) is 0.308. The number of carbonyl (C=O) groups is 1. The Morgan fingerprint density at radius 3 is 2.72 bits per heavy atom.